The first-order chi connectivity index (χ1) is 6.27. The molecule has 4 nitrogen and oxygen atoms in total. The maximum absolute atomic E-state index is 7.02. The van der Waals surface area contributed by atoms with Gasteiger partial charge in [0.05, 0.1) is 6.04 Å². The fourth-order valence-corrected chi connectivity index (χ4v) is 1.57. The summed E-state index contributed by atoms with van der Waals surface area (Å²) in [6.45, 7) is 4.08. The largest absolute Gasteiger partial charge is 0.390 e. The zero-order chi connectivity index (χ0) is 9.68. The normalized spacial score (nSPS) is 29.8. The molecule has 4 N–H and O–H groups in total. The van der Waals surface area contributed by atoms with Gasteiger partial charge in [0.1, 0.15) is 0 Å². The van der Waals surface area contributed by atoms with Crippen LogP contribution >= 0.6 is 0 Å². The summed E-state index contributed by atoms with van der Waals surface area (Å²) in [6, 6.07) is 0.789. The highest BCUT2D eigenvalue weighted by Gasteiger charge is 2.19. The van der Waals surface area contributed by atoms with Gasteiger partial charge < -0.3 is 21.4 Å². The molecular formula is C9H18N4. The Balaban J connectivity index is 2.57. The van der Waals surface area contributed by atoms with Gasteiger partial charge in [0.2, 0.25) is 0 Å². The van der Waals surface area contributed by atoms with Crippen LogP contribution in [0.4, 0.5) is 0 Å². The van der Waals surface area contributed by atoms with Gasteiger partial charge >= 0.3 is 0 Å². The molecule has 0 aromatic carbocycles. The number of piperazine rings is 1. The van der Waals surface area contributed by atoms with Crippen molar-refractivity contribution < 1.29 is 0 Å². The Morgan fingerprint density at radius 2 is 2.31 bits per heavy atom. The molecule has 74 valence electrons. The zero-order valence-electron chi connectivity index (χ0n) is 8.22. The quantitative estimate of drug-likeness (QED) is 0.453. The minimum atomic E-state index is 0.301. The number of hydrogen-bond donors (Lipinski definition) is 4. The zero-order valence-corrected chi connectivity index (χ0v) is 8.22. The molecule has 1 aliphatic rings. The van der Waals surface area contributed by atoms with Gasteiger partial charge in [0.15, 0.2) is 0 Å². The number of allylic oxidation sites excluding steroid dienone is 1. The van der Waals surface area contributed by atoms with E-state index in [2.05, 4.69) is 22.9 Å². The van der Waals surface area contributed by atoms with Gasteiger partial charge in [-0.15, -0.1) is 0 Å². The average molecular weight is 182 g/mol. The fourth-order valence-electron chi connectivity index (χ4n) is 1.57. The Morgan fingerprint density at radius 1 is 1.54 bits per heavy atom. The van der Waals surface area contributed by atoms with Crippen LogP contribution in [-0.2, 0) is 0 Å². The summed E-state index contributed by atoms with van der Waals surface area (Å²) in [5.74, 6) is 0. The van der Waals surface area contributed by atoms with Gasteiger partial charge in [0.25, 0.3) is 0 Å². The van der Waals surface area contributed by atoms with E-state index in [1.807, 2.05) is 7.05 Å². The van der Waals surface area contributed by atoms with E-state index in [-0.39, 0.29) is 0 Å². The predicted octanol–water partition coefficient (Wildman–Crippen LogP) is -0.311. The van der Waals surface area contributed by atoms with E-state index in [1.54, 1.807) is 6.08 Å². The summed E-state index contributed by atoms with van der Waals surface area (Å²) in [6.07, 6.45) is 3.10. The van der Waals surface area contributed by atoms with E-state index in [9.17, 15) is 0 Å². The van der Waals surface area contributed by atoms with Crippen molar-refractivity contribution in [1.82, 2.24) is 16.0 Å². The Kier molecular flexibility index (Phi) is 3.92. The highest BCUT2D eigenvalue weighted by molar-refractivity contribution is 5.69. The summed E-state index contributed by atoms with van der Waals surface area (Å²) in [5, 5.41) is 16.9. The highest BCUT2D eigenvalue weighted by Crippen LogP contribution is 2.01. The maximum Gasteiger partial charge on any atom is 0.0599 e. The molecule has 0 saturated carbocycles. The van der Waals surface area contributed by atoms with E-state index in [4.69, 9.17) is 5.41 Å². The third-order valence-electron chi connectivity index (χ3n) is 2.21. The van der Waals surface area contributed by atoms with E-state index in [0.29, 0.717) is 12.1 Å². The Hall–Kier alpha value is -0.870. The summed E-state index contributed by atoms with van der Waals surface area (Å²) in [7, 11) is 1.89. The molecule has 2 unspecified atom stereocenters. The van der Waals surface area contributed by atoms with Gasteiger partial charge in [-0.3, -0.25) is 0 Å². The molecule has 0 aromatic heterocycles. The van der Waals surface area contributed by atoms with Crippen molar-refractivity contribution in [2.75, 3.05) is 20.1 Å². The molecule has 1 heterocycles. The molecule has 0 spiro atoms. The van der Waals surface area contributed by atoms with Crippen LogP contribution in [0.15, 0.2) is 11.8 Å². The molecule has 0 bridgehead atoms. The molecular weight excluding hydrogens is 164 g/mol. The molecule has 0 amide bonds. The highest BCUT2D eigenvalue weighted by atomic mass is 15.1. The number of nitrogens with one attached hydrogen (secondary N) is 4. The number of likely N-dealkylation sites (N-methyl/N-ethyl adjacent to an activating group) is 1. The standard InChI is InChI=1S/C9H18N4/c1-7-5-12-6-9(13-7)8(11-2)3-4-10/h3-4,7,9-13H,5-6H2,1-2H3/b8-3-,10-4?. The molecule has 1 rings (SSSR count). The van der Waals surface area contributed by atoms with Crippen LogP contribution in [0.3, 0.4) is 0 Å². The fraction of sp³-hybridized carbons (Fsp3) is 0.667. The molecule has 1 aliphatic heterocycles. The monoisotopic (exact) mass is 182 g/mol. The van der Waals surface area contributed by atoms with E-state index >= 15 is 0 Å². The molecule has 0 aromatic rings. The molecule has 2 atom stereocenters. The lowest BCUT2D eigenvalue weighted by atomic mass is 10.1. The van der Waals surface area contributed by atoms with Crippen molar-refractivity contribution in [3.63, 3.8) is 0 Å². The van der Waals surface area contributed by atoms with Crippen molar-refractivity contribution >= 4 is 6.21 Å². The summed E-state index contributed by atoms with van der Waals surface area (Å²) < 4.78 is 0. The topological polar surface area (TPSA) is 59.9 Å². The summed E-state index contributed by atoms with van der Waals surface area (Å²) in [4.78, 5) is 0. The summed E-state index contributed by atoms with van der Waals surface area (Å²) >= 11 is 0. The van der Waals surface area contributed by atoms with Gasteiger partial charge in [-0.05, 0) is 13.0 Å². The maximum atomic E-state index is 7.02. The third kappa shape index (κ3) is 2.82. The van der Waals surface area contributed by atoms with Crippen LogP contribution in [0.5, 0.6) is 0 Å². The molecule has 0 aliphatic carbocycles. The van der Waals surface area contributed by atoms with Crippen molar-refractivity contribution in [3.05, 3.63) is 11.8 Å². The van der Waals surface area contributed by atoms with Crippen LogP contribution in [0.1, 0.15) is 6.92 Å². The first-order valence-electron chi connectivity index (χ1n) is 4.63. The van der Waals surface area contributed by atoms with Crippen LogP contribution in [-0.4, -0.2) is 38.4 Å². The van der Waals surface area contributed by atoms with Gasteiger partial charge in [-0.25, -0.2) is 0 Å². The second kappa shape index (κ2) is 4.99. The summed E-state index contributed by atoms with van der Waals surface area (Å²) in [5.41, 5.74) is 1.06. The van der Waals surface area contributed by atoms with Crippen molar-refractivity contribution in [2.45, 2.75) is 19.0 Å². The van der Waals surface area contributed by atoms with Crippen LogP contribution in [0.2, 0.25) is 0 Å². The lowest BCUT2D eigenvalue weighted by molar-refractivity contribution is 0.375. The van der Waals surface area contributed by atoms with Gasteiger partial charge in [-0.1, -0.05) is 0 Å². The third-order valence-corrected chi connectivity index (χ3v) is 2.21. The molecule has 13 heavy (non-hydrogen) atoms. The van der Waals surface area contributed by atoms with Gasteiger partial charge in [-0.2, -0.15) is 0 Å². The second-order valence-corrected chi connectivity index (χ2v) is 3.32. The predicted molar refractivity (Wildman–Crippen MR) is 55.2 cm³/mol. The lowest BCUT2D eigenvalue weighted by Crippen LogP contribution is -2.55. The van der Waals surface area contributed by atoms with E-state index < -0.39 is 0 Å². The minimum Gasteiger partial charge on any atom is -0.390 e. The van der Waals surface area contributed by atoms with Crippen molar-refractivity contribution in [1.29, 1.82) is 5.41 Å². The SMILES string of the molecule is CN/C(=C\C=N)C1CNCC(C)N1. The molecule has 1 fully saturated rings. The molecule has 0 radical (unpaired) electrons. The molecule has 1 saturated heterocycles. The van der Waals surface area contributed by atoms with Crippen LogP contribution in [0.25, 0.3) is 0 Å². The van der Waals surface area contributed by atoms with Crippen LogP contribution in [0, 0.1) is 5.41 Å². The minimum absolute atomic E-state index is 0.301. The number of rotatable bonds is 3. The number of hydrogen-bond acceptors (Lipinski definition) is 4. The average Bonchev–Trinajstić information content (AvgIpc) is 2.14. The Morgan fingerprint density at radius 3 is 2.85 bits per heavy atom. The first kappa shape index (κ1) is 10.2. The van der Waals surface area contributed by atoms with Gasteiger partial charge in [0, 0.05) is 38.1 Å². The second-order valence-electron chi connectivity index (χ2n) is 3.32. The van der Waals surface area contributed by atoms with Crippen LogP contribution < -0.4 is 16.0 Å². The molecule has 4 heteroatoms. The Labute approximate surface area is 79.3 Å². The Bertz CT molecular complexity index is 200. The van der Waals surface area contributed by atoms with Crippen molar-refractivity contribution in [3.8, 4) is 0 Å². The smallest absolute Gasteiger partial charge is 0.0599 e. The van der Waals surface area contributed by atoms with Crippen molar-refractivity contribution in [2.24, 2.45) is 0 Å². The first-order valence-corrected chi connectivity index (χ1v) is 4.63. The lowest BCUT2D eigenvalue weighted by Gasteiger charge is -2.31. The van der Waals surface area contributed by atoms with E-state index in [1.165, 1.54) is 6.21 Å². The van der Waals surface area contributed by atoms with E-state index in [0.717, 1.165) is 18.8 Å².